The monoisotopic (exact) mass is 291 g/mol. The molecule has 20 heavy (non-hydrogen) atoms. The molecule has 3 heterocycles. The zero-order valence-electron chi connectivity index (χ0n) is 12.0. The van der Waals surface area contributed by atoms with Crippen molar-refractivity contribution in [2.24, 2.45) is 11.1 Å². The second-order valence-corrected chi connectivity index (χ2v) is 7.22. The van der Waals surface area contributed by atoms with Gasteiger partial charge >= 0.3 is 0 Å². The fourth-order valence-electron chi connectivity index (χ4n) is 2.72. The first-order valence-electron chi connectivity index (χ1n) is 7.04. The van der Waals surface area contributed by atoms with E-state index in [1.165, 1.54) is 11.3 Å². The number of aryl methyl sites for hydroxylation is 1. The maximum atomic E-state index is 5.90. The van der Waals surface area contributed by atoms with Gasteiger partial charge in [-0.25, -0.2) is 0 Å². The third-order valence-corrected chi connectivity index (χ3v) is 5.01. The molecule has 0 saturated carbocycles. The molecule has 0 aliphatic carbocycles. The Bertz CT molecular complexity index is 590. The van der Waals surface area contributed by atoms with Crippen molar-refractivity contribution in [1.29, 1.82) is 0 Å². The summed E-state index contributed by atoms with van der Waals surface area (Å²) in [5.74, 6) is 1.66. The molecule has 1 saturated heterocycles. The lowest BCUT2D eigenvalue weighted by atomic mass is 9.82. The van der Waals surface area contributed by atoms with E-state index in [1.807, 2.05) is 0 Å². The van der Waals surface area contributed by atoms with Crippen molar-refractivity contribution >= 4 is 17.3 Å². The van der Waals surface area contributed by atoms with Crippen LogP contribution in [0.2, 0.25) is 0 Å². The Kier molecular flexibility index (Phi) is 3.52. The van der Waals surface area contributed by atoms with Gasteiger partial charge in [-0.3, -0.25) is 5.10 Å². The van der Waals surface area contributed by atoms with E-state index in [-0.39, 0.29) is 5.41 Å². The van der Waals surface area contributed by atoms with Crippen molar-refractivity contribution in [3.8, 4) is 10.7 Å². The Morgan fingerprint density at radius 3 is 3.05 bits per heavy atom. The van der Waals surface area contributed by atoms with Crippen LogP contribution in [0.1, 0.15) is 24.6 Å². The number of hydrogen-bond acceptors (Lipinski definition) is 5. The average molecular weight is 291 g/mol. The van der Waals surface area contributed by atoms with Gasteiger partial charge in [-0.15, -0.1) is 16.4 Å². The number of hydrogen-bond donors (Lipinski definition) is 2. The van der Waals surface area contributed by atoms with E-state index in [0.717, 1.165) is 36.2 Å². The molecule has 2 aromatic heterocycles. The van der Waals surface area contributed by atoms with Crippen molar-refractivity contribution < 1.29 is 0 Å². The van der Waals surface area contributed by atoms with E-state index in [9.17, 15) is 0 Å². The van der Waals surface area contributed by atoms with E-state index in [1.54, 1.807) is 11.3 Å². The number of aromatic nitrogens is 3. The van der Waals surface area contributed by atoms with Crippen LogP contribution < -0.4 is 10.6 Å². The Labute approximate surface area is 123 Å². The van der Waals surface area contributed by atoms with Gasteiger partial charge in [-0.1, -0.05) is 6.92 Å². The van der Waals surface area contributed by atoms with Gasteiger partial charge in [0.25, 0.3) is 0 Å². The summed E-state index contributed by atoms with van der Waals surface area (Å²) in [5.41, 5.74) is 6.08. The predicted molar refractivity (Wildman–Crippen MR) is 83.0 cm³/mol. The molecule has 0 spiro atoms. The van der Waals surface area contributed by atoms with Gasteiger partial charge in [0.1, 0.15) is 0 Å². The molecule has 1 aliphatic rings. The van der Waals surface area contributed by atoms with E-state index >= 15 is 0 Å². The van der Waals surface area contributed by atoms with Crippen LogP contribution in [0.3, 0.4) is 0 Å². The van der Waals surface area contributed by atoms with Gasteiger partial charge in [-0.2, -0.15) is 4.98 Å². The molecule has 1 atom stereocenters. The van der Waals surface area contributed by atoms with E-state index in [2.05, 4.69) is 46.1 Å². The molecule has 0 amide bonds. The van der Waals surface area contributed by atoms with E-state index < -0.39 is 0 Å². The summed E-state index contributed by atoms with van der Waals surface area (Å²) in [6.07, 6.45) is 2.33. The van der Waals surface area contributed by atoms with Gasteiger partial charge in [-0.05, 0) is 43.9 Å². The fourth-order valence-corrected chi connectivity index (χ4v) is 3.53. The average Bonchev–Trinajstić information content (AvgIpc) is 3.07. The highest BCUT2D eigenvalue weighted by molar-refractivity contribution is 7.15. The molecular formula is C14H21N5S. The Balaban J connectivity index is 1.80. The number of rotatable bonds is 3. The number of H-pyrrole nitrogens is 1. The lowest BCUT2D eigenvalue weighted by Crippen LogP contribution is -2.46. The van der Waals surface area contributed by atoms with Crippen LogP contribution in [0.25, 0.3) is 10.7 Å². The summed E-state index contributed by atoms with van der Waals surface area (Å²) >= 11 is 1.73. The Morgan fingerprint density at radius 2 is 2.35 bits per heavy atom. The molecule has 1 fully saturated rings. The molecule has 2 aromatic rings. The molecule has 3 N–H and O–H groups in total. The lowest BCUT2D eigenvalue weighted by molar-refractivity contribution is 0.270. The predicted octanol–water partition coefficient (Wildman–Crippen LogP) is 2.41. The summed E-state index contributed by atoms with van der Waals surface area (Å²) < 4.78 is 0. The number of anilines is 1. The Hall–Kier alpha value is -1.40. The summed E-state index contributed by atoms with van der Waals surface area (Å²) in [7, 11) is 0. The standard InChI is InChI=1S/C14H21N5S/c1-10-4-5-11(20-10)12-16-13(18-17-12)19-7-3-6-14(2,8-15)9-19/h4-5H,3,6-9,15H2,1-2H3,(H,16,17,18). The molecular weight excluding hydrogens is 270 g/mol. The van der Waals surface area contributed by atoms with Gasteiger partial charge < -0.3 is 10.6 Å². The molecule has 0 aromatic carbocycles. The van der Waals surface area contributed by atoms with Crippen LogP contribution in [-0.4, -0.2) is 34.8 Å². The maximum Gasteiger partial charge on any atom is 0.245 e. The normalized spacial score (nSPS) is 23.2. The van der Waals surface area contributed by atoms with Crippen LogP contribution >= 0.6 is 11.3 Å². The SMILES string of the molecule is Cc1ccc(-c2nc(N3CCCC(C)(CN)C3)n[nH]2)s1. The highest BCUT2D eigenvalue weighted by Crippen LogP contribution is 2.31. The van der Waals surface area contributed by atoms with Crippen molar-refractivity contribution in [1.82, 2.24) is 15.2 Å². The van der Waals surface area contributed by atoms with Gasteiger partial charge in [0.05, 0.1) is 4.88 Å². The summed E-state index contributed by atoms with van der Waals surface area (Å²) in [6, 6.07) is 4.19. The summed E-state index contributed by atoms with van der Waals surface area (Å²) in [4.78, 5) is 9.32. The number of nitrogens with zero attached hydrogens (tertiary/aromatic N) is 3. The molecule has 6 heteroatoms. The minimum Gasteiger partial charge on any atom is -0.339 e. The third-order valence-electron chi connectivity index (χ3n) is 4.00. The van der Waals surface area contributed by atoms with Crippen LogP contribution in [0.4, 0.5) is 5.95 Å². The first-order chi connectivity index (χ1) is 9.59. The van der Waals surface area contributed by atoms with Gasteiger partial charge in [0.15, 0.2) is 5.82 Å². The molecule has 0 bridgehead atoms. The molecule has 0 radical (unpaired) electrons. The Morgan fingerprint density at radius 1 is 1.50 bits per heavy atom. The fraction of sp³-hybridized carbons (Fsp3) is 0.571. The van der Waals surface area contributed by atoms with Crippen LogP contribution in [0, 0.1) is 12.3 Å². The second-order valence-electron chi connectivity index (χ2n) is 5.93. The number of aromatic amines is 1. The number of nitrogens with two attached hydrogens (primary N) is 1. The third kappa shape index (κ3) is 2.58. The van der Waals surface area contributed by atoms with Crippen molar-refractivity contribution in [3.05, 3.63) is 17.0 Å². The quantitative estimate of drug-likeness (QED) is 0.911. The van der Waals surface area contributed by atoms with Gasteiger partial charge in [0, 0.05) is 18.0 Å². The molecule has 1 aliphatic heterocycles. The summed E-state index contributed by atoms with van der Waals surface area (Å²) in [6.45, 7) is 7.00. The molecule has 108 valence electrons. The van der Waals surface area contributed by atoms with Crippen molar-refractivity contribution in [2.45, 2.75) is 26.7 Å². The highest BCUT2D eigenvalue weighted by atomic mass is 32.1. The summed E-state index contributed by atoms with van der Waals surface area (Å²) in [5, 5.41) is 7.44. The minimum absolute atomic E-state index is 0.179. The maximum absolute atomic E-state index is 5.90. The second kappa shape index (κ2) is 5.18. The minimum atomic E-state index is 0.179. The zero-order chi connectivity index (χ0) is 14.2. The largest absolute Gasteiger partial charge is 0.339 e. The van der Waals surface area contributed by atoms with E-state index in [0.29, 0.717) is 6.54 Å². The van der Waals surface area contributed by atoms with Crippen molar-refractivity contribution in [2.75, 3.05) is 24.5 Å². The smallest absolute Gasteiger partial charge is 0.245 e. The number of thiophene rings is 1. The van der Waals surface area contributed by atoms with Crippen molar-refractivity contribution in [3.63, 3.8) is 0 Å². The number of piperidine rings is 1. The molecule has 3 rings (SSSR count). The molecule has 5 nitrogen and oxygen atoms in total. The van der Waals surface area contributed by atoms with Crippen LogP contribution in [0.5, 0.6) is 0 Å². The first-order valence-corrected chi connectivity index (χ1v) is 7.85. The van der Waals surface area contributed by atoms with Crippen LogP contribution in [-0.2, 0) is 0 Å². The highest BCUT2D eigenvalue weighted by Gasteiger charge is 2.31. The molecule has 1 unspecified atom stereocenters. The number of nitrogens with one attached hydrogen (secondary N) is 1. The zero-order valence-corrected chi connectivity index (χ0v) is 12.8. The van der Waals surface area contributed by atoms with E-state index in [4.69, 9.17) is 5.73 Å². The van der Waals surface area contributed by atoms with Gasteiger partial charge in [0.2, 0.25) is 5.95 Å². The van der Waals surface area contributed by atoms with Crippen LogP contribution in [0.15, 0.2) is 12.1 Å². The lowest BCUT2D eigenvalue weighted by Gasteiger charge is -2.39. The topological polar surface area (TPSA) is 70.8 Å². The first kappa shape index (κ1) is 13.6.